The number of fused-ring (bicyclic) bond motifs is 1. The van der Waals surface area contributed by atoms with E-state index in [9.17, 15) is 0 Å². The lowest BCUT2D eigenvalue weighted by atomic mass is 9.76. The third kappa shape index (κ3) is 0.581. The molecule has 0 aromatic carbocycles. The highest BCUT2D eigenvalue weighted by molar-refractivity contribution is 5.10. The van der Waals surface area contributed by atoms with Crippen molar-refractivity contribution in [2.24, 2.45) is 29.6 Å². The van der Waals surface area contributed by atoms with Gasteiger partial charge in [0.05, 0.1) is 0 Å². The summed E-state index contributed by atoms with van der Waals surface area (Å²) in [7, 11) is 0. The molecule has 3 fully saturated rings. The molecule has 1 heterocycles. The highest BCUT2D eigenvalue weighted by Crippen LogP contribution is 2.57. The summed E-state index contributed by atoms with van der Waals surface area (Å²) in [5.41, 5.74) is 0. The Kier molecular flexibility index (Phi) is 1.07. The van der Waals surface area contributed by atoms with Crippen molar-refractivity contribution >= 4 is 0 Å². The Morgan fingerprint density at radius 1 is 1.00 bits per heavy atom. The van der Waals surface area contributed by atoms with Crippen molar-refractivity contribution < 1.29 is 0 Å². The fraction of sp³-hybridized carbons (Fsp3) is 1.00. The normalized spacial score (nSPS) is 66.0. The van der Waals surface area contributed by atoms with Crippen LogP contribution >= 0.6 is 0 Å². The van der Waals surface area contributed by atoms with Gasteiger partial charge in [-0.05, 0) is 42.6 Å². The second-order valence-corrected chi connectivity index (χ2v) is 4.88. The molecule has 6 atom stereocenters. The maximum Gasteiger partial charge on any atom is 0.0127 e. The van der Waals surface area contributed by atoms with Crippen LogP contribution in [0.2, 0.25) is 0 Å². The van der Waals surface area contributed by atoms with Gasteiger partial charge < -0.3 is 5.32 Å². The molecule has 1 aliphatic heterocycles. The van der Waals surface area contributed by atoms with Crippen LogP contribution in [0.5, 0.6) is 0 Å². The fourth-order valence-electron chi connectivity index (χ4n) is 4.12. The van der Waals surface area contributed by atoms with Gasteiger partial charge in [-0.3, -0.25) is 0 Å². The summed E-state index contributed by atoms with van der Waals surface area (Å²) in [4.78, 5) is 0. The van der Waals surface area contributed by atoms with Crippen molar-refractivity contribution in [2.75, 3.05) is 6.54 Å². The number of rotatable bonds is 0. The second-order valence-electron chi connectivity index (χ2n) is 4.88. The lowest BCUT2D eigenvalue weighted by Crippen LogP contribution is -2.33. The largest absolute Gasteiger partial charge is 0.313 e. The molecule has 2 saturated carbocycles. The van der Waals surface area contributed by atoms with E-state index in [0.717, 1.165) is 35.6 Å². The van der Waals surface area contributed by atoms with Crippen molar-refractivity contribution in [1.29, 1.82) is 0 Å². The van der Waals surface area contributed by atoms with Crippen molar-refractivity contribution in [2.45, 2.75) is 26.3 Å². The van der Waals surface area contributed by atoms with Gasteiger partial charge >= 0.3 is 0 Å². The first-order valence-corrected chi connectivity index (χ1v) is 5.02. The summed E-state index contributed by atoms with van der Waals surface area (Å²) in [5.74, 6) is 5.14. The molecular weight excluding hydrogens is 134 g/mol. The average molecular weight is 151 g/mol. The molecule has 2 bridgehead atoms. The van der Waals surface area contributed by atoms with Gasteiger partial charge in [0.2, 0.25) is 0 Å². The maximum absolute atomic E-state index is 3.69. The Morgan fingerprint density at radius 2 is 1.82 bits per heavy atom. The van der Waals surface area contributed by atoms with Crippen molar-refractivity contribution in [3.63, 3.8) is 0 Å². The zero-order valence-corrected chi connectivity index (χ0v) is 7.38. The van der Waals surface area contributed by atoms with Crippen LogP contribution in [0.25, 0.3) is 0 Å². The topological polar surface area (TPSA) is 12.0 Å². The van der Waals surface area contributed by atoms with Gasteiger partial charge in [-0.2, -0.15) is 0 Å². The predicted octanol–water partition coefficient (Wildman–Crippen LogP) is 1.50. The van der Waals surface area contributed by atoms with Crippen LogP contribution in [0.4, 0.5) is 0 Å². The van der Waals surface area contributed by atoms with Crippen LogP contribution in [0, 0.1) is 29.6 Å². The molecule has 62 valence electrons. The molecule has 11 heavy (non-hydrogen) atoms. The van der Waals surface area contributed by atoms with Gasteiger partial charge in [0, 0.05) is 6.04 Å². The first kappa shape index (κ1) is 6.47. The third-order valence-corrected chi connectivity index (χ3v) is 4.74. The molecule has 3 rings (SSSR count). The van der Waals surface area contributed by atoms with Crippen LogP contribution in [-0.4, -0.2) is 12.6 Å². The van der Waals surface area contributed by atoms with Gasteiger partial charge in [-0.25, -0.2) is 0 Å². The SMILES string of the molecule is CC1C2CC3C1CNC3C2C. The summed E-state index contributed by atoms with van der Waals surface area (Å²) < 4.78 is 0. The highest BCUT2D eigenvalue weighted by atomic mass is 15.0. The highest BCUT2D eigenvalue weighted by Gasteiger charge is 2.57. The van der Waals surface area contributed by atoms with E-state index in [1.54, 1.807) is 0 Å². The lowest BCUT2D eigenvalue weighted by Gasteiger charge is -2.29. The Hall–Kier alpha value is -0.0400. The van der Waals surface area contributed by atoms with E-state index in [2.05, 4.69) is 19.2 Å². The fourth-order valence-corrected chi connectivity index (χ4v) is 4.12. The summed E-state index contributed by atoms with van der Waals surface area (Å²) in [5, 5.41) is 3.69. The van der Waals surface area contributed by atoms with E-state index in [0.29, 0.717) is 0 Å². The molecule has 2 aliphatic carbocycles. The average Bonchev–Trinajstić information content (AvgIpc) is 2.53. The first-order chi connectivity index (χ1) is 5.29. The summed E-state index contributed by atoms with van der Waals surface area (Å²) in [6, 6.07) is 0.904. The minimum Gasteiger partial charge on any atom is -0.313 e. The molecule has 3 aliphatic rings. The molecule has 1 saturated heterocycles. The number of nitrogens with one attached hydrogen (secondary N) is 1. The zero-order valence-electron chi connectivity index (χ0n) is 7.38. The molecule has 1 nitrogen and oxygen atoms in total. The second kappa shape index (κ2) is 1.82. The van der Waals surface area contributed by atoms with Crippen LogP contribution in [0.15, 0.2) is 0 Å². The third-order valence-electron chi connectivity index (χ3n) is 4.74. The van der Waals surface area contributed by atoms with E-state index in [1.807, 2.05) is 0 Å². The van der Waals surface area contributed by atoms with Crippen molar-refractivity contribution in [3.05, 3.63) is 0 Å². The molecule has 0 amide bonds. The Morgan fingerprint density at radius 3 is 2.55 bits per heavy atom. The van der Waals surface area contributed by atoms with Crippen molar-refractivity contribution in [1.82, 2.24) is 5.32 Å². The molecule has 1 N–H and O–H groups in total. The maximum atomic E-state index is 3.69. The number of hydrogen-bond donors (Lipinski definition) is 1. The molecule has 0 aromatic rings. The lowest BCUT2D eigenvalue weighted by molar-refractivity contribution is 0.216. The number of hydrogen-bond acceptors (Lipinski definition) is 1. The summed E-state index contributed by atoms with van der Waals surface area (Å²) in [6.07, 6.45) is 1.53. The van der Waals surface area contributed by atoms with E-state index in [4.69, 9.17) is 0 Å². The molecule has 0 radical (unpaired) electrons. The Balaban J connectivity index is 2.01. The molecular formula is C10H17N. The van der Waals surface area contributed by atoms with Crippen LogP contribution < -0.4 is 5.32 Å². The standard InChI is InChI=1S/C10H17N/c1-5-7-3-8-9(5)4-11-10(8)6(7)2/h5-11H,3-4H2,1-2H3. The first-order valence-electron chi connectivity index (χ1n) is 5.02. The van der Waals surface area contributed by atoms with E-state index < -0.39 is 0 Å². The zero-order chi connectivity index (χ0) is 7.59. The van der Waals surface area contributed by atoms with Crippen LogP contribution in [-0.2, 0) is 0 Å². The molecule has 6 unspecified atom stereocenters. The van der Waals surface area contributed by atoms with E-state index in [-0.39, 0.29) is 0 Å². The molecule has 0 aromatic heterocycles. The Labute approximate surface area is 68.6 Å². The van der Waals surface area contributed by atoms with Crippen LogP contribution in [0.3, 0.4) is 0 Å². The smallest absolute Gasteiger partial charge is 0.0127 e. The van der Waals surface area contributed by atoms with Gasteiger partial charge in [0.15, 0.2) is 0 Å². The quantitative estimate of drug-likeness (QED) is 0.553. The van der Waals surface area contributed by atoms with Gasteiger partial charge in [-0.15, -0.1) is 0 Å². The van der Waals surface area contributed by atoms with Crippen LogP contribution in [0.1, 0.15) is 20.3 Å². The predicted molar refractivity (Wildman–Crippen MR) is 45.2 cm³/mol. The Bertz CT molecular complexity index is 171. The van der Waals surface area contributed by atoms with Gasteiger partial charge in [-0.1, -0.05) is 13.8 Å². The van der Waals surface area contributed by atoms with E-state index in [1.165, 1.54) is 13.0 Å². The van der Waals surface area contributed by atoms with Gasteiger partial charge in [0.25, 0.3) is 0 Å². The summed E-state index contributed by atoms with van der Waals surface area (Å²) in [6.45, 7) is 6.23. The monoisotopic (exact) mass is 151 g/mol. The minimum absolute atomic E-state index is 0.904. The van der Waals surface area contributed by atoms with Crippen molar-refractivity contribution in [3.8, 4) is 0 Å². The molecule has 1 heteroatoms. The molecule has 0 spiro atoms. The minimum atomic E-state index is 0.904. The van der Waals surface area contributed by atoms with Gasteiger partial charge in [0.1, 0.15) is 0 Å². The van der Waals surface area contributed by atoms with E-state index >= 15 is 0 Å². The summed E-state index contributed by atoms with van der Waals surface area (Å²) >= 11 is 0.